The van der Waals surface area contributed by atoms with E-state index in [9.17, 15) is 4.79 Å². The lowest BCUT2D eigenvalue weighted by atomic mass is 10.1. The highest BCUT2D eigenvalue weighted by molar-refractivity contribution is 7.99. The number of rotatable bonds is 5. The first-order valence-corrected chi connectivity index (χ1v) is 7.13. The zero-order chi connectivity index (χ0) is 13.8. The molecular weight excluding hydrogens is 284 g/mol. The van der Waals surface area contributed by atoms with Crippen molar-refractivity contribution in [2.24, 2.45) is 0 Å². The predicted molar refractivity (Wildman–Crippen MR) is 74.7 cm³/mol. The van der Waals surface area contributed by atoms with Gasteiger partial charge in [0.25, 0.3) is 0 Å². The summed E-state index contributed by atoms with van der Waals surface area (Å²) in [4.78, 5) is 12.0. The first-order valence-electron chi connectivity index (χ1n) is 5.77. The van der Waals surface area contributed by atoms with Gasteiger partial charge >= 0.3 is 0 Å². The number of ketones is 1. The molecule has 0 bridgehead atoms. The average Bonchev–Trinajstić information content (AvgIpc) is 2.85. The fourth-order valence-corrected chi connectivity index (χ4v) is 2.48. The average molecular weight is 297 g/mol. The fourth-order valence-electron chi connectivity index (χ4n) is 1.45. The second-order valence-corrected chi connectivity index (χ2v) is 5.60. The number of aromatic nitrogens is 4. The summed E-state index contributed by atoms with van der Waals surface area (Å²) in [6.07, 6.45) is 0. The van der Waals surface area contributed by atoms with Crippen LogP contribution in [0.25, 0.3) is 0 Å². The second kappa shape index (κ2) is 6.16. The van der Waals surface area contributed by atoms with Gasteiger partial charge in [0.05, 0.1) is 11.8 Å². The van der Waals surface area contributed by atoms with Crippen molar-refractivity contribution in [2.45, 2.75) is 25.0 Å². The Kier molecular flexibility index (Phi) is 4.55. The molecule has 0 spiro atoms. The van der Waals surface area contributed by atoms with Crippen LogP contribution < -0.4 is 0 Å². The Morgan fingerprint density at radius 3 is 2.68 bits per heavy atom. The quantitative estimate of drug-likeness (QED) is 0.627. The molecule has 0 N–H and O–H groups in total. The number of halogens is 1. The highest BCUT2D eigenvalue weighted by Gasteiger charge is 2.13. The van der Waals surface area contributed by atoms with Gasteiger partial charge in [0.2, 0.25) is 5.16 Å². The molecule has 0 amide bonds. The summed E-state index contributed by atoms with van der Waals surface area (Å²) < 4.78 is 1.69. The van der Waals surface area contributed by atoms with Crippen molar-refractivity contribution >= 4 is 29.1 Å². The van der Waals surface area contributed by atoms with Crippen LogP contribution in [0.15, 0.2) is 29.4 Å². The SMILES string of the molecule is CC(C)n1nnnc1SCC(=O)c1ccc(Cl)cc1. The molecule has 0 aliphatic carbocycles. The molecule has 100 valence electrons. The molecule has 1 aromatic carbocycles. The van der Waals surface area contributed by atoms with E-state index in [1.807, 2.05) is 13.8 Å². The third kappa shape index (κ3) is 3.54. The molecule has 0 fully saturated rings. The number of carbonyl (C=O) groups is 1. The molecule has 1 aromatic heterocycles. The Balaban J connectivity index is 2.00. The zero-order valence-corrected chi connectivity index (χ0v) is 12.1. The van der Waals surface area contributed by atoms with Crippen LogP contribution in [0.5, 0.6) is 0 Å². The van der Waals surface area contributed by atoms with E-state index in [4.69, 9.17) is 11.6 Å². The minimum absolute atomic E-state index is 0.0278. The van der Waals surface area contributed by atoms with Gasteiger partial charge in [-0.25, -0.2) is 4.68 Å². The number of benzene rings is 1. The molecule has 2 aromatic rings. The van der Waals surface area contributed by atoms with E-state index in [0.717, 1.165) is 0 Å². The maximum absolute atomic E-state index is 12.0. The van der Waals surface area contributed by atoms with Gasteiger partial charge in [-0.2, -0.15) is 0 Å². The zero-order valence-electron chi connectivity index (χ0n) is 10.6. The molecule has 0 atom stereocenters. The molecule has 0 saturated carbocycles. The second-order valence-electron chi connectivity index (χ2n) is 4.22. The van der Waals surface area contributed by atoms with Gasteiger partial charge in [0, 0.05) is 10.6 Å². The van der Waals surface area contributed by atoms with Crippen molar-refractivity contribution in [1.29, 1.82) is 0 Å². The summed E-state index contributed by atoms with van der Waals surface area (Å²) >= 11 is 7.12. The molecule has 2 rings (SSSR count). The molecule has 7 heteroatoms. The van der Waals surface area contributed by atoms with E-state index in [1.165, 1.54) is 11.8 Å². The van der Waals surface area contributed by atoms with Crippen LogP contribution in [0.1, 0.15) is 30.2 Å². The maximum atomic E-state index is 12.0. The van der Waals surface area contributed by atoms with Crippen molar-refractivity contribution in [2.75, 3.05) is 5.75 Å². The Hall–Kier alpha value is -1.40. The summed E-state index contributed by atoms with van der Waals surface area (Å²) in [5.41, 5.74) is 0.639. The van der Waals surface area contributed by atoms with Gasteiger partial charge in [-0.1, -0.05) is 23.4 Å². The summed E-state index contributed by atoms with van der Waals surface area (Å²) in [5, 5.41) is 12.7. The van der Waals surface area contributed by atoms with Crippen molar-refractivity contribution in [3.63, 3.8) is 0 Å². The van der Waals surface area contributed by atoms with Gasteiger partial charge < -0.3 is 0 Å². The maximum Gasteiger partial charge on any atom is 0.209 e. The lowest BCUT2D eigenvalue weighted by Crippen LogP contribution is -2.07. The summed E-state index contributed by atoms with van der Waals surface area (Å²) in [6, 6.07) is 7.02. The van der Waals surface area contributed by atoms with E-state index >= 15 is 0 Å². The molecule has 0 aliphatic rings. The first kappa shape index (κ1) is 14.0. The van der Waals surface area contributed by atoms with E-state index in [2.05, 4.69) is 15.5 Å². The topological polar surface area (TPSA) is 60.7 Å². The van der Waals surface area contributed by atoms with Crippen molar-refractivity contribution in [3.05, 3.63) is 34.9 Å². The van der Waals surface area contributed by atoms with E-state index in [1.54, 1.807) is 28.9 Å². The molecule has 0 unspecified atom stereocenters. The van der Waals surface area contributed by atoms with E-state index in [-0.39, 0.29) is 11.8 Å². The summed E-state index contributed by atoms with van der Waals surface area (Å²) in [6.45, 7) is 3.98. The number of carbonyl (C=O) groups excluding carboxylic acids is 1. The molecule has 0 aliphatic heterocycles. The van der Waals surface area contributed by atoms with E-state index in [0.29, 0.717) is 21.5 Å². The smallest absolute Gasteiger partial charge is 0.209 e. The molecular formula is C12H13ClN4OS. The Morgan fingerprint density at radius 1 is 1.37 bits per heavy atom. The third-order valence-corrected chi connectivity index (χ3v) is 3.64. The first-order chi connectivity index (χ1) is 9.08. The van der Waals surface area contributed by atoms with Crippen LogP contribution in [0.4, 0.5) is 0 Å². The van der Waals surface area contributed by atoms with Crippen molar-refractivity contribution < 1.29 is 4.79 Å². The Labute approximate surface area is 120 Å². The lowest BCUT2D eigenvalue weighted by molar-refractivity contribution is 0.102. The number of tetrazole rings is 1. The third-order valence-electron chi connectivity index (χ3n) is 2.45. The minimum Gasteiger partial charge on any atom is -0.293 e. The summed E-state index contributed by atoms with van der Waals surface area (Å²) in [7, 11) is 0. The molecule has 19 heavy (non-hydrogen) atoms. The lowest BCUT2D eigenvalue weighted by Gasteiger charge is -2.06. The number of hydrogen-bond donors (Lipinski definition) is 0. The van der Waals surface area contributed by atoms with Gasteiger partial charge in [0.1, 0.15) is 0 Å². The van der Waals surface area contributed by atoms with Crippen LogP contribution in [0.3, 0.4) is 0 Å². The number of hydrogen-bond acceptors (Lipinski definition) is 5. The monoisotopic (exact) mass is 296 g/mol. The van der Waals surface area contributed by atoms with Crippen molar-refractivity contribution in [1.82, 2.24) is 20.2 Å². The largest absolute Gasteiger partial charge is 0.293 e. The Morgan fingerprint density at radius 2 is 2.05 bits per heavy atom. The summed E-state index contributed by atoms with van der Waals surface area (Å²) in [5.74, 6) is 0.328. The van der Waals surface area contributed by atoms with Crippen LogP contribution in [-0.4, -0.2) is 31.7 Å². The number of thioether (sulfide) groups is 1. The van der Waals surface area contributed by atoms with Crippen LogP contribution in [0.2, 0.25) is 5.02 Å². The molecule has 0 radical (unpaired) electrons. The fraction of sp³-hybridized carbons (Fsp3) is 0.333. The van der Waals surface area contributed by atoms with Gasteiger partial charge in [-0.15, -0.1) is 5.10 Å². The van der Waals surface area contributed by atoms with Crippen LogP contribution >= 0.6 is 23.4 Å². The normalized spacial score (nSPS) is 10.9. The minimum atomic E-state index is 0.0278. The van der Waals surface area contributed by atoms with Crippen molar-refractivity contribution in [3.8, 4) is 0 Å². The van der Waals surface area contributed by atoms with Gasteiger partial charge in [0.15, 0.2) is 5.78 Å². The van der Waals surface area contributed by atoms with E-state index < -0.39 is 0 Å². The number of nitrogens with zero attached hydrogens (tertiary/aromatic N) is 4. The number of Topliss-reactive ketones (excluding diaryl/α,β-unsaturated/α-hetero) is 1. The highest BCUT2D eigenvalue weighted by atomic mass is 35.5. The standard InChI is InChI=1S/C12H13ClN4OS/c1-8(2)17-12(14-15-16-17)19-7-11(18)9-3-5-10(13)6-4-9/h3-6,8H,7H2,1-2H3. The van der Waals surface area contributed by atoms with Crippen LogP contribution in [-0.2, 0) is 0 Å². The molecule has 1 heterocycles. The Bertz CT molecular complexity index is 567. The van der Waals surface area contributed by atoms with Crippen LogP contribution in [0, 0.1) is 0 Å². The van der Waals surface area contributed by atoms with Gasteiger partial charge in [-0.3, -0.25) is 4.79 Å². The molecule has 5 nitrogen and oxygen atoms in total. The predicted octanol–water partition coefficient (Wildman–Crippen LogP) is 2.88. The van der Waals surface area contributed by atoms with Gasteiger partial charge in [-0.05, 0) is 48.5 Å². The molecule has 0 saturated heterocycles. The highest BCUT2D eigenvalue weighted by Crippen LogP contribution is 2.19.